The monoisotopic (exact) mass is 349 g/mol. The molecule has 106 valence electrons. The van der Waals surface area contributed by atoms with Crippen LogP contribution in [0.4, 0.5) is 8.78 Å². The van der Waals surface area contributed by atoms with Crippen LogP contribution in [0.25, 0.3) is 0 Å². The van der Waals surface area contributed by atoms with Gasteiger partial charge in [0.15, 0.2) is 5.78 Å². The minimum atomic E-state index is -1.31. The molecule has 2 aromatic carbocycles. The zero-order valence-corrected chi connectivity index (χ0v) is 12.6. The van der Waals surface area contributed by atoms with Gasteiger partial charge in [0.25, 0.3) is 0 Å². The Balaban J connectivity index is 2.49. The highest BCUT2D eigenvalue weighted by molar-refractivity contribution is 9.10. The van der Waals surface area contributed by atoms with Crippen molar-refractivity contribution in [3.8, 4) is 6.07 Å². The first kappa shape index (κ1) is 15.3. The van der Waals surface area contributed by atoms with E-state index in [0.717, 1.165) is 12.1 Å². The van der Waals surface area contributed by atoms with Crippen molar-refractivity contribution in [1.29, 1.82) is 5.26 Å². The van der Waals surface area contributed by atoms with Crippen LogP contribution in [0.1, 0.15) is 27.4 Å². The van der Waals surface area contributed by atoms with Crippen LogP contribution >= 0.6 is 15.9 Å². The SMILES string of the molecule is Cc1ccc(Br)cc1C(=O)C(C#N)c1ccc(F)cc1F. The van der Waals surface area contributed by atoms with E-state index in [1.54, 1.807) is 31.2 Å². The van der Waals surface area contributed by atoms with Gasteiger partial charge >= 0.3 is 0 Å². The minimum absolute atomic E-state index is 0.122. The molecule has 0 aliphatic rings. The van der Waals surface area contributed by atoms with Crippen molar-refractivity contribution in [2.75, 3.05) is 0 Å². The Labute approximate surface area is 129 Å². The Morgan fingerprint density at radius 3 is 2.57 bits per heavy atom. The summed E-state index contributed by atoms with van der Waals surface area (Å²) in [7, 11) is 0. The number of Topliss-reactive ketones (excluding diaryl/α,β-unsaturated/α-hetero) is 1. The number of halogens is 3. The number of benzene rings is 2. The third-order valence-electron chi connectivity index (χ3n) is 3.13. The Hall–Kier alpha value is -2.06. The number of hydrogen-bond acceptors (Lipinski definition) is 2. The molecule has 0 aromatic heterocycles. The van der Waals surface area contributed by atoms with Crippen molar-refractivity contribution in [3.63, 3.8) is 0 Å². The molecule has 0 amide bonds. The molecule has 5 heteroatoms. The van der Waals surface area contributed by atoms with Gasteiger partial charge in [0, 0.05) is 21.7 Å². The lowest BCUT2D eigenvalue weighted by molar-refractivity contribution is 0.0976. The molecule has 0 heterocycles. The summed E-state index contributed by atoms with van der Waals surface area (Å²) >= 11 is 3.26. The summed E-state index contributed by atoms with van der Waals surface area (Å²) in [6.45, 7) is 1.73. The van der Waals surface area contributed by atoms with Crippen molar-refractivity contribution < 1.29 is 13.6 Å². The highest BCUT2D eigenvalue weighted by atomic mass is 79.9. The number of ketones is 1. The van der Waals surface area contributed by atoms with E-state index in [-0.39, 0.29) is 5.56 Å². The van der Waals surface area contributed by atoms with Gasteiger partial charge < -0.3 is 0 Å². The fraction of sp³-hybridized carbons (Fsp3) is 0.125. The highest BCUT2D eigenvalue weighted by Crippen LogP contribution is 2.26. The molecular weight excluding hydrogens is 340 g/mol. The number of aryl methyl sites for hydroxylation is 1. The summed E-state index contributed by atoms with van der Waals surface area (Å²) < 4.78 is 27.4. The molecule has 0 fully saturated rings. The normalized spacial score (nSPS) is 11.8. The second kappa shape index (κ2) is 6.15. The third-order valence-corrected chi connectivity index (χ3v) is 3.62. The number of nitrogens with zero attached hydrogens (tertiary/aromatic N) is 1. The lowest BCUT2D eigenvalue weighted by Crippen LogP contribution is -2.14. The predicted molar refractivity (Wildman–Crippen MR) is 77.9 cm³/mol. The first-order chi connectivity index (χ1) is 9.93. The van der Waals surface area contributed by atoms with E-state index in [9.17, 15) is 18.8 Å². The molecule has 2 aromatic rings. The molecule has 0 spiro atoms. The molecular formula is C16H10BrF2NO. The average molecular weight is 350 g/mol. The molecule has 0 aliphatic heterocycles. The number of nitriles is 1. The van der Waals surface area contributed by atoms with E-state index in [2.05, 4.69) is 15.9 Å². The summed E-state index contributed by atoms with van der Waals surface area (Å²) in [6, 6.07) is 9.71. The van der Waals surface area contributed by atoms with Gasteiger partial charge in [0.05, 0.1) is 6.07 Å². The Morgan fingerprint density at radius 1 is 1.24 bits per heavy atom. The van der Waals surface area contributed by atoms with Gasteiger partial charge in [-0.3, -0.25) is 4.79 Å². The van der Waals surface area contributed by atoms with Crippen molar-refractivity contribution in [2.24, 2.45) is 0 Å². The van der Waals surface area contributed by atoms with E-state index in [1.807, 2.05) is 0 Å². The van der Waals surface area contributed by atoms with Gasteiger partial charge in [0.1, 0.15) is 17.6 Å². The maximum atomic E-state index is 13.8. The van der Waals surface area contributed by atoms with Gasteiger partial charge in [-0.05, 0) is 30.7 Å². The number of rotatable bonds is 3. The highest BCUT2D eigenvalue weighted by Gasteiger charge is 2.26. The van der Waals surface area contributed by atoms with Crippen LogP contribution in [0.5, 0.6) is 0 Å². The molecule has 2 nitrogen and oxygen atoms in total. The predicted octanol–water partition coefficient (Wildman–Crippen LogP) is 4.53. The first-order valence-electron chi connectivity index (χ1n) is 6.09. The van der Waals surface area contributed by atoms with E-state index >= 15 is 0 Å². The van der Waals surface area contributed by atoms with Crippen molar-refractivity contribution in [2.45, 2.75) is 12.8 Å². The summed E-state index contributed by atoms with van der Waals surface area (Å²) in [5.74, 6) is -3.47. The van der Waals surface area contributed by atoms with Gasteiger partial charge in [-0.2, -0.15) is 5.26 Å². The molecule has 0 saturated heterocycles. The van der Waals surface area contributed by atoms with Crippen LogP contribution in [0, 0.1) is 29.9 Å². The van der Waals surface area contributed by atoms with E-state index in [1.165, 1.54) is 0 Å². The van der Waals surface area contributed by atoms with Gasteiger partial charge in [-0.15, -0.1) is 0 Å². The van der Waals surface area contributed by atoms with E-state index in [0.29, 0.717) is 21.7 Å². The van der Waals surface area contributed by atoms with Crippen LogP contribution in [-0.4, -0.2) is 5.78 Å². The first-order valence-corrected chi connectivity index (χ1v) is 6.88. The van der Waals surface area contributed by atoms with Crippen LogP contribution in [0.15, 0.2) is 40.9 Å². The second-order valence-corrected chi connectivity index (χ2v) is 5.47. The Morgan fingerprint density at radius 2 is 1.95 bits per heavy atom. The Bertz CT molecular complexity index is 752. The zero-order chi connectivity index (χ0) is 15.6. The molecule has 0 saturated carbocycles. The quantitative estimate of drug-likeness (QED) is 0.764. The summed E-state index contributed by atoms with van der Waals surface area (Å²) in [6.07, 6.45) is 0. The van der Waals surface area contributed by atoms with E-state index in [4.69, 9.17) is 0 Å². The molecule has 0 bridgehead atoms. The molecule has 0 aliphatic carbocycles. The van der Waals surface area contributed by atoms with Crippen LogP contribution in [-0.2, 0) is 0 Å². The molecule has 1 unspecified atom stereocenters. The van der Waals surface area contributed by atoms with Crippen LogP contribution < -0.4 is 0 Å². The summed E-state index contributed by atoms with van der Waals surface area (Å²) in [5.41, 5.74) is 0.897. The average Bonchev–Trinajstić information content (AvgIpc) is 2.44. The lowest BCUT2D eigenvalue weighted by Gasteiger charge is -2.12. The maximum absolute atomic E-state index is 13.8. The molecule has 21 heavy (non-hydrogen) atoms. The van der Waals surface area contributed by atoms with Gasteiger partial charge in [0.2, 0.25) is 0 Å². The fourth-order valence-corrected chi connectivity index (χ4v) is 2.38. The zero-order valence-electron chi connectivity index (χ0n) is 11.0. The topological polar surface area (TPSA) is 40.9 Å². The van der Waals surface area contributed by atoms with E-state index < -0.39 is 23.3 Å². The summed E-state index contributed by atoms with van der Waals surface area (Å²) in [5, 5.41) is 9.22. The number of hydrogen-bond donors (Lipinski definition) is 0. The molecule has 2 rings (SSSR count). The lowest BCUT2D eigenvalue weighted by atomic mass is 9.89. The second-order valence-electron chi connectivity index (χ2n) is 4.55. The number of carbonyl (C=O) groups is 1. The Kier molecular flexibility index (Phi) is 4.49. The number of carbonyl (C=O) groups excluding carboxylic acids is 1. The standard InChI is InChI=1S/C16H10BrF2NO/c1-9-2-3-10(17)6-13(9)16(21)14(8-20)12-5-4-11(18)7-15(12)19/h2-7,14H,1H3. The third kappa shape index (κ3) is 3.17. The van der Waals surface area contributed by atoms with Crippen LogP contribution in [0.2, 0.25) is 0 Å². The fourth-order valence-electron chi connectivity index (χ4n) is 2.02. The largest absolute Gasteiger partial charge is 0.292 e. The van der Waals surface area contributed by atoms with Crippen LogP contribution in [0.3, 0.4) is 0 Å². The molecule has 0 radical (unpaired) electrons. The van der Waals surface area contributed by atoms with Gasteiger partial charge in [-0.25, -0.2) is 8.78 Å². The smallest absolute Gasteiger partial charge is 0.184 e. The summed E-state index contributed by atoms with van der Waals surface area (Å²) in [4.78, 5) is 12.5. The molecule has 0 N–H and O–H groups in total. The van der Waals surface area contributed by atoms with Crippen molar-refractivity contribution in [1.82, 2.24) is 0 Å². The van der Waals surface area contributed by atoms with Crippen molar-refractivity contribution in [3.05, 3.63) is 69.2 Å². The van der Waals surface area contributed by atoms with Gasteiger partial charge in [-0.1, -0.05) is 28.1 Å². The molecule has 1 atom stereocenters. The maximum Gasteiger partial charge on any atom is 0.184 e. The minimum Gasteiger partial charge on any atom is -0.292 e. The van der Waals surface area contributed by atoms with Crippen molar-refractivity contribution >= 4 is 21.7 Å².